The molecule has 0 radical (unpaired) electrons. The molecule has 130 valence electrons. The molecule has 1 aromatic rings. The van der Waals surface area contributed by atoms with Crippen molar-refractivity contribution in [3.8, 4) is 0 Å². The molecule has 1 unspecified atom stereocenters. The fourth-order valence-electron chi connectivity index (χ4n) is 4.66. The third kappa shape index (κ3) is 2.94. The molecule has 1 N–H and O–H groups in total. The Hall–Kier alpha value is -1.85. The van der Waals surface area contributed by atoms with Crippen LogP contribution in [0.5, 0.6) is 0 Å². The zero-order chi connectivity index (χ0) is 16.5. The van der Waals surface area contributed by atoms with E-state index in [0.717, 1.165) is 37.4 Å². The summed E-state index contributed by atoms with van der Waals surface area (Å²) in [5, 5.41) is 2.85. The van der Waals surface area contributed by atoms with Gasteiger partial charge in [-0.25, -0.2) is 9.78 Å². The minimum absolute atomic E-state index is 0.0918. The molecule has 24 heavy (non-hydrogen) atoms. The number of amides is 2. The summed E-state index contributed by atoms with van der Waals surface area (Å²) >= 11 is 0. The van der Waals surface area contributed by atoms with Gasteiger partial charge in [0.25, 0.3) is 0 Å². The Bertz CT molecular complexity index is 620. The highest BCUT2D eigenvalue weighted by molar-refractivity contribution is 5.90. The first-order chi connectivity index (χ1) is 11.7. The Morgan fingerprint density at radius 2 is 2.04 bits per heavy atom. The van der Waals surface area contributed by atoms with E-state index >= 15 is 0 Å². The van der Waals surface area contributed by atoms with Gasteiger partial charge in [0, 0.05) is 30.9 Å². The maximum Gasteiger partial charge on any atom is 0.327 e. The molecule has 6 heteroatoms. The Kier molecular flexibility index (Phi) is 4.29. The predicted octanol–water partition coefficient (Wildman–Crippen LogP) is 2.33. The van der Waals surface area contributed by atoms with Gasteiger partial charge in [0.15, 0.2) is 0 Å². The van der Waals surface area contributed by atoms with Crippen molar-refractivity contribution in [2.45, 2.75) is 69.9 Å². The summed E-state index contributed by atoms with van der Waals surface area (Å²) in [6, 6.07) is -0.312. The third-order valence-corrected chi connectivity index (χ3v) is 5.93. The van der Waals surface area contributed by atoms with Crippen molar-refractivity contribution in [1.82, 2.24) is 19.8 Å². The van der Waals surface area contributed by atoms with Gasteiger partial charge in [0.05, 0.1) is 0 Å². The smallest absolute Gasteiger partial charge is 0.327 e. The number of fused-ring (bicyclic) bond motifs is 1. The second kappa shape index (κ2) is 6.57. The number of carbonyl (C=O) groups excluding carboxylic acids is 2. The molecule has 0 spiro atoms. The van der Waals surface area contributed by atoms with E-state index in [9.17, 15) is 9.59 Å². The molecule has 1 saturated heterocycles. The topological polar surface area (TPSA) is 67.2 Å². The van der Waals surface area contributed by atoms with Crippen molar-refractivity contribution in [2.75, 3.05) is 6.54 Å². The standard InChI is InChI=1S/C18H26N4O2/c23-17(16-10-15-11-19-12-22(15)18(24)20-16)21-8-4-7-14(21)9-13-5-2-1-3-6-13/h11-14,16H,1-10H2,(H,20,24)/t14?,16-/m0/s1. The van der Waals surface area contributed by atoms with E-state index in [-0.39, 0.29) is 11.9 Å². The van der Waals surface area contributed by atoms with Crippen molar-refractivity contribution >= 4 is 11.9 Å². The predicted molar refractivity (Wildman–Crippen MR) is 89.6 cm³/mol. The van der Waals surface area contributed by atoms with Crippen LogP contribution in [0, 0.1) is 5.92 Å². The van der Waals surface area contributed by atoms with Crippen LogP contribution in [0.15, 0.2) is 12.5 Å². The van der Waals surface area contributed by atoms with Crippen LogP contribution < -0.4 is 5.32 Å². The van der Waals surface area contributed by atoms with Crippen LogP contribution >= 0.6 is 0 Å². The lowest BCUT2D eigenvalue weighted by molar-refractivity contribution is -0.134. The van der Waals surface area contributed by atoms with E-state index in [2.05, 4.69) is 10.3 Å². The number of nitrogens with zero attached hydrogens (tertiary/aromatic N) is 3. The lowest BCUT2D eigenvalue weighted by atomic mass is 9.84. The molecule has 2 amide bonds. The summed E-state index contributed by atoms with van der Waals surface area (Å²) in [5.41, 5.74) is 0.820. The molecule has 2 fully saturated rings. The van der Waals surface area contributed by atoms with Crippen LogP contribution in [0.3, 0.4) is 0 Å². The number of hydrogen-bond donors (Lipinski definition) is 1. The zero-order valence-electron chi connectivity index (χ0n) is 14.1. The van der Waals surface area contributed by atoms with Gasteiger partial charge in [0.2, 0.25) is 5.91 Å². The summed E-state index contributed by atoms with van der Waals surface area (Å²) in [4.78, 5) is 31.2. The first-order valence-corrected chi connectivity index (χ1v) is 9.35. The van der Waals surface area contributed by atoms with Gasteiger partial charge in [-0.15, -0.1) is 0 Å². The highest BCUT2D eigenvalue weighted by Gasteiger charge is 2.37. The first-order valence-electron chi connectivity index (χ1n) is 9.35. The Morgan fingerprint density at radius 3 is 2.88 bits per heavy atom. The van der Waals surface area contributed by atoms with Crippen molar-refractivity contribution in [1.29, 1.82) is 0 Å². The normalized spacial score (nSPS) is 27.8. The Balaban J connectivity index is 1.42. The molecule has 1 aliphatic carbocycles. The minimum atomic E-state index is -0.436. The number of imidazole rings is 1. The maximum atomic E-state index is 13.0. The fourth-order valence-corrected chi connectivity index (χ4v) is 4.66. The molecule has 6 nitrogen and oxygen atoms in total. The molecule has 1 aromatic heterocycles. The van der Waals surface area contributed by atoms with E-state index in [1.807, 2.05) is 4.90 Å². The number of hydrogen-bond acceptors (Lipinski definition) is 3. The summed E-state index contributed by atoms with van der Waals surface area (Å²) in [6.07, 6.45) is 13.8. The zero-order valence-corrected chi connectivity index (χ0v) is 14.1. The van der Waals surface area contributed by atoms with E-state index in [1.165, 1.54) is 43.0 Å². The number of nitrogens with one attached hydrogen (secondary N) is 1. The maximum absolute atomic E-state index is 13.0. The van der Waals surface area contributed by atoms with Gasteiger partial charge in [-0.2, -0.15) is 0 Å². The fraction of sp³-hybridized carbons (Fsp3) is 0.722. The van der Waals surface area contributed by atoms with Gasteiger partial charge in [-0.3, -0.25) is 9.36 Å². The molecule has 0 bridgehead atoms. The van der Waals surface area contributed by atoms with E-state index < -0.39 is 6.04 Å². The van der Waals surface area contributed by atoms with E-state index in [0.29, 0.717) is 12.5 Å². The molecular weight excluding hydrogens is 304 g/mol. The molecule has 3 heterocycles. The summed E-state index contributed by atoms with van der Waals surface area (Å²) < 4.78 is 1.49. The summed E-state index contributed by atoms with van der Waals surface area (Å²) in [7, 11) is 0. The largest absolute Gasteiger partial charge is 0.338 e. The third-order valence-electron chi connectivity index (χ3n) is 5.93. The Labute approximate surface area is 142 Å². The number of rotatable bonds is 3. The van der Waals surface area contributed by atoms with Gasteiger partial charge in [-0.05, 0) is 25.2 Å². The Morgan fingerprint density at radius 1 is 1.21 bits per heavy atom. The van der Waals surface area contributed by atoms with E-state index in [4.69, 9.17) is 0 Å². The molecule has 0 aromatic carbocycles. The minimum Gasteiger partial charge on any atom is -0.338 e. The van der Waals surface area contributed by atoms with Gasteiger partial charge < -0.3 is 10.2 Å². The van der Waals surface area contributed by atoms with Crippen LogP contribution in [0.1, 0.15) is 57.1 Å². The van der Waals surface area contributed by atoms with Gasteiger partial charge in [-0.1, -0.05) is 32.1 Å². The SMILES string of the molecule is O=C([C@@H]1Cc2cncn2C(=O)N1)N1CCCC1CC1CCCCC1. The average Bonchev–Trinajstić information content (AvgIpc) is 3.24. The summed E-state index contributed by atoms with van der Waals surface area (Å²) in [6.45, 7) is 0.835. The molecule has 4 rings (SSSR count). The van der Waals surface area contributed by atoms with Gasteiger partial charge in [0.1, 0.15) is 12.4 Å². The summed E-state index contributed by atoms with van der Waals surface area (Å²) in [5.74, 6) is 0.869. The molecule has 1 saturated carbocycles. The highest BCUT2D eigenvalue weighted by Crippen LogP contribution is 2.32. The molecule has 2 atom stereocenters. The molecule has 3 aliphatic rings. The van der Waals surface area contributed by atoms with Crippen LogP contribution in [0.4, 0.5) is 4.79 Å². The van der Waals surface area contributed by atoms with Crippen LogP contribution in [-0.2, 0) is 11.2 Å². The number of carbonyl (C=O) groups is 2. The van der Waals surface area contributed by atoms with Crippen molar-refractivity contribution in [3.05, 3.63) is 18.2 Å². The van der Waals surface area contributed by atoms with Crippen molar-refractivity contribution < 1.29 is 9.59 Å². The molecule has 2 aliphatic heterocycles. The lowest BCUT2D eigenvalue weighted by Crippen LogP contribution is -2.54. The number of likely N-dealkylation sites (tertiary alicyclic amines) is 1. The van der Waals surface area contributed by atoms with Crippen molar-refractivity contribution in [2.24, 2.45) is 5.92 Å². The number of aromatic nitrogens is 2. The average molecular weight is 330 g/mol. The quantitative estimate of drug-likeness (QED) is 0.925. The second-order valence-electron chi connectivity index (χ2n) is 7.53. The van der Waals surface area contributed by atoms with Crippen LogP contribution in [0.25, 0.3) is 0 Å². The first kappa shape index (κ1) is 15.7. The highest BCUT2D eigenvalue weighted by atomic mass is 16.2. The van der Waals surface area contributed by atoms with Crippen molar-refractivity contribution in [3.63, 3.8) is 0 Å². The van der Waals surface area contributed by atoms with E-state index in [1.54, 1.807) is 6.20 Å². The lowest BCUT2D eigenvalue weighted by Gasteiger charge is -2.33. The van der Waals surface area contributed by atoms with Gasteiger partial charge >= 0.3 is 6.03 Å². The van der Waals surface area contributed by atoms with Crippen LogP contribution in [0.2, 0.25) is 0 Å². The van der Waals surface area contributed by atoms with Crippen LogP contribution in [-0.4, -0.2) is 45.0 Å². The molecular formula is C18H26N4O2. The second-order valence-corrected chi connectivity index (χ2v) is 7.53. The monoisotopic (exact) mass is 330 g/mol.